The quantitative estimate of drug-likeness (QED) is 0.792. The zero-order valence-electron chi connectivity index (χ0n) is 15.2. The largest absolute Gasteiger partial charge is 0.454 e. The lowest BCUT2D eigenvalue weighted by Gasteiger charge is -2.16. The van der Waals surface area contributed by atoms with Gasteiger partial charge in [0, 0.05) is 11.3 Å². The SMILES string of the molecule is CC1CCc2sc(C(=O)NNC(=O)CCc3ccc4c(c3)OCO4)cc2C1. The minimum Gasteiger partial charge on any atom is -0.454 e. The number of hydrogen-bond donors (Lipinski definition) is 2. The molecule has 2 amide bonds. The summed E-state index contributed by atoms with van der Waals surface area (Å²) in [6, 6.07) is 7.60. The number of amides is 2. The Hall–Kier alpha value is -2.54. The van der Waals surface area contributed by atoms with Crippen molar-refractivity contribution < 1.29 is 19.1 Å². The minimum atomic E-state index is -0.251. The summed E-state index contributed by atoms with van der Waals surface area (Å²) in [5, 5.41) is 0. The maximum Gasteiger partial charge on any atom is 0.279 e. The van der Waals surface area contributed by atoms with E-state index < -0.39 is 0 Å². The molecule has 1 unspecified atom stereocenters. The van der Waals surface area contributed by atoms with E-state index in [0.29, 0.717) is 23.0 Å². The molecule has 2 aromatic rings. The average Bonchev–Trinajstić information content (AvgIpc) is 3.30. The van der Waals surface area contributed by atoms with Crippen LogP contribution in [-0.4, -0.2) is 18.6 Å². The van der Waals surface area contributed by atoms with Crippen LogP contribution in [0.15, 0.2) is 24.3 Å². The van der Waals surface area contributed by atoms with Crippen LogP contribution in [0.3, 0.4) is 0 Å². The highest BCUT2D eigenvalue weighted by molar-refractivity contribution is 7.14. The van der Waals surface area contributed by atoms with Crippen molar-refractivity contribution in [2.24, 2.45) is 5.92 Å². The Kier molecular flexibility index (Phi) is 5.03. The molecule has 2 aliphatic rings. The van der Waals surface area contributed by atoms with E-state index in [-0.39, 0.29) is 25.0 Å². The third kappa shape index (κ3) is 4.08. The first-order chi connectivity index (χ1) is 13.1. The molecule has 2 N–H and O–H groups in total. The van der Waals surface area contributed by atoms with Gasteiger partial charge in [0.15, 0.2) is 11.5 Å². The summed E-state index contributed by atoms with van der Waals surface area (Å²) in [6.07, 6.45) is 4.07. The number of carbonyl (C=O) groups excluding carboxylic acids is 2. The summed E-state index contributed by atoms with van der Waals surface area (Å²) in [5.74, 6) is 1.62. The second-order valence-corrected chi connectivity index (χ2v) is 8.23. The van der Waals surface area contributed by atoms with Crippen LogP contribution in [0.2, 0.25) is 0 Å². The maximum absolute atomic E-state index is 12.3. The van der Waals surface area contributed by atoms with E-state index in [1.165, 1.54) is 28.2 Å². The van der Waals surface area contributed by atoms with Crippen molar-refractivity contribution in [3.8, 4) is 11.5 Å². The Morgan fingerprint density at radius 1 is 1.19 bits per heavy atom. The Bertz CT molecular complexity index is 877. The van der Waals surface area contributed by atoms with Crippen molar-refractivity contribution in [3.63, 3.8) is 0 Å². The van der Waals surface area contributed by atoms with Crippen LogP contribution in [0.1, 0.15) is 45.4 Å². The topological polar surface area (TPSA) is 76.7 Å². The number of nitrogens with one attached hydrogen (secondary N) is 2. The van der Waals surface area contributed by atoms with Gasteiger partial charge in [-0.1, -0.05) is 13.0 Å². The van der Waals surface area contributed by atoms with Crippen molar-refractivity contribution in [1.82, 2.24) is 10.9 Å². The van der Waals surface area contributed by atoms with Gasteiger partial charge < -0.3 is 9.47 Å². The molecule has 6 nitrogen and oxygen atoms in total. The van der Waals surface area contributed by atoms with Gasteiger partial charge in [-0.2, -0.15) is 0 Å². The number of ether oxygens (including phenoxy) is 2. The number of hydrogen-bond acceptors (Lipinski definition) is 5. The van der Waals surface area contributed by atoms with Crippen molar-refractivity contribution in [2.45, 2.75) is 39.0 Å². The molecule has 4 rings (SSSR count). The van der Waals surface area contributed by atoms with Crippen molar-refractivity contribution >= 4 is 23.2 Å². The monoisotopic (exact) mass is 386 g/mol. The summed E-state index contributed by atoms with van der Waals surface area (Å²) >= 11 is 1.53. The Morgan fingerprint density at radius 3 is 2.93 bits per heavy atom. The summed E-state index contributed by atoms with van der Waals surface area (Å²) in [6.45, 7) is 2.47. The van der Waals surface area contributed by atoms with Gasteiger partial charge in [0.1, 0.15) is 0 Å². The lowest BCUT2D eigenvalue weighted by molar-refractivity contribution is -0.121. The van der Waals surface area contributed by atoms with E-state index in [9.17, 15) is 9.59 Å². The molecule has 0 fully saturated rings. The Labute approximate surface area is 161 Å². The molecule has 27 heavy (non-hydrogen) atoms. The number of aryl methyl sites for hydroxylation is 2. The molecule has 1 aromatic heterocycles. The number of thiophene rings is 1. The molecule has 7 heteroatoms. The summed E-state index contributed by atoms with van der Waals surface area (Å²) in [7, 11) is 0. The maximum atomic E-state index is 12.3. The van der Waals surface area contributed by atoms with E-state index >= 15 is 0 Å². The molecule has 1 aliphatic heterocycles. The predicted octanol–water partition coefficient (Wildman–Crippen LogP) is 3.00. The van der Waals surface area contributed by atoms with Crippen molar-refractivity contribution in [3.05, 3.63) is 45.1 Å². The van der Waals surface area contributed by atoms with Crippen LogP contribution in [0.4, 0.5) is 0 Å². The van der Waals surface area contributed by atoms with Crippen LogP contribution < -0.4 is 20.3 Å². The highest BCUT2D eigenvalue weighted by Crippen LogP contribution is 2.33. The van der Waals surface area contributed by atoms with Crippen LogP contribution in [0.5, 0.6) is 11.5 Å². The number of hydrazine groups is 1. The highest BCUT2D eigenvalue weighted by atomic mass is 32.1. The molecule has 0 spiro atoms. The molecule has 0 saturated carbocycles. The molecule has 2 heterocycles. The Balaban J connectivity index is 1.26. The zero-order valence-corrected chi connectivity index (χ0v) is 16.0. The lowest BCUT2D eigenvalue weighted by Crippen LogP contribution is -2.41. The van der Waals surface area contributed by atoms with Gasteiger partial charge in [0.05, 0.1) is 4.88 Å². The molecule has 142 valence electrons. The number of fused-ring (bicyclic) bond motifs is 2. The normalized spacial score (nSPS) is 17.3. The van der Waals surface area contributed by atoms with Crippen LogP contribution in [-0.2, 0) is 24.1 Å². The first kappa shape index (κ1) is 17.9. The summed E-state index contributed by atoms with van der Waals surface area (Å²) in [5.41, 5.74) is 7.29. The fourth-order valence-corrected chi connectivity index (χ4v) is 4.53. The highest BCUT2D eigenvalue weighted by Gasteiger charge is 2.21. The number of benzene rings is 1. The molecular formula is C20H22N2O4S. The van der Waals surface area contributed by atoms with E-state index in [1.54, 1.807) is 0 Å². The van der Waals surface area contributed by atoms with Crippen LogP contribution in [0, 0.1) is 5.92 Å². The molecule has 0 radical (unpaired) electrons. The molecule has 1 aliphatic carbocycles. The van der Waals surface area contributed by atoms with Gasteiger partial charge in [-0.15, -0.1) is 11.3 Å². The third-order valence-corrected chi connectivity index (χ3v) is 6.18. The fourth-order valence-electron chi connectivity index (χ4n) is 3.42. The van der Waals surface area contributed by atoms with E-state index in [2.05, 4.69) is 17.8 Å². The van der Waals surface area contributed by atoms with E-state index in [1.807, 2.05) is 24.3 Å². The predicted molar refractivity (Wildman–Crippen MR) is 102 cm³/mol. The second kappa shape index (κ2) is 7.60. The first-order valence-electron chi connectivity index (χ1n) is 9.18. The van der Waals surface area contributed by atoms with E-state index in [4.69, 9.17) is 9.47 Å². The smallest absolute Gasteiger partial charge is 0.279 e. The lowest BCUT2D eigenvalue weighted by atomic mass is 9.90. The van der Waals surface area contributed by atoms with Crippen molar-refractivity contribution in [2.75, 3.05) is 6.79 Å². The molecule has 1 aromatic carbocycles. The first-order valence-corrected chi connectivity index (χ1v) is 9.99. The van der Waals surface area contributed by atoms with Gasteiger partial charge in [-0.05, 0) is 60.9 Å². The molecule has 0 saturated heterocycles. The van der Waals surface area contributed by atoms with Crippen LogP contribution >= 0.6 is 11.3 Å². The molecule has 1 atom stereocenters. The zero-order chi connectivity index (χ0) is 18.8. The number of rotatable bonds is 4. The summed E-state index contributed by atoms with van der Waals surface area (Å²) in [4.78, 5) is 26.3. The number of carbonyl (C=O) groups is 2. The standard InChI is InChI=1S/C20H22N2O4S/c1-12-2-6-17-14(8-12)10-18(27-17)20(24)22-21-19(23)7-4-13-3-5-15-16(9-13)26-11-25-15/h3,5,9-10,12H,2,4,6-8,11H2,1H3,(H,21,23)(H,22,24). The third-order valence-electron chi connectivity index (χ3n) is 4.95. The summed E-state index contributed by atoms with van der Waals surface area (Å²) < 4.78 is 10.6. The molecule has 0 bridgehead atoms. The molecular weight excluding hydrogens is 364 g/mol. The van der Waals surface area contributed by atoms with Gasteiger partial charge in [0.25, 0.3) is 5.91 Å². The van der Waals surface area contributed by atoms with Crippen molar-refractivity contribution in [1.29, 1.82) is 0 Å². The average molecular weight is 386 g/mol. The Morgan fingerprint density at radius 2 is 2.04 bits per heavy atom. The minimum absolute atomic E-state index is 0.226. The van der Waals surface area contributed by atoms with Crippen LogP contribution in [0.25, 0.3) is 0 Å². The second-order valence-electron chi connectivity index (χ2n) is 7.10. The van der Waals surface area contributed by atoms with Gasteiger partial charge in [-0.3, -0.25) is 20.4 Å². The fraction of sp³-hybridized carbons (Fsp3) is 0.400. The van der Waals surface area contributed by atoms with Gasteiger partial charge in [0.2, 0.25) is 12.7 Å². The van der Waals surface area contributed by atoms with E-state index in [0.717, 1.165) is 24.2 Å². The van der Waals surface area contributed by atoms with Gasteiger partial charge in [-0.25, -0.2) is 0 Å². The van der Waals surface area contributed by atoms with Gasteiger partial charge >= 0.3 is 0 Å².